The molecule has 0 radical (unpaired) electrons. The summed E-state index contributed by atoms with van der Waals surface area (Å²) in [5.41, 5.74) is 2.14. The third-order valence-corrected chi connectivity index (χ3v) is 6.31. The number of nitrogens with one attached hydrogen (secondary N) is 1. The first-order chi connectivity index (χ1) is 12.2. The second-order valence-corrected chi connectivity index (χ2v) is 8.08. The lowest BCUT2D eigenvalue weighted by Gasteiger charge is -2.15. The van der Waals surface area contributed by atoms with Gasteiger partial charge in [0.25, 0.3) is 5.91 Å². The minimum absolute atomic E-state index is 0.00390. The number of amides is 1. The maximum Gasteiger partial charge on any atom is 0.263 e. The molecule has 3 aromatic rings. The van der Waals surface area contributed by atoms with Crippen molar-refractivity contribution in [2.45, 2.75) is 25.9 Å². The Morgan fingerprint density at radius 2 is 2.24 bits per heavy atom. The number of carbonyl (C=O) groups is 1. The number of thiazole rings is 1. The zero-order valence-electron chi connectivity index (χ0n) is 14.0. The van der Waals surface area contributed by atoms with Gasteiger partial charge in [-0.15, -0.1) is 0 Å². The fourth-order valence-corrected chi connectivity index (χ4v) is 4.75. The van der Waals surface area contributed by atoms with Gasteiger partial charge in [-0.05, 0) is 47.9 Å². The van der Waals surface area contributed by atoms with Crippen LogP contribution in [0.1, 0.15) is 27.3 Å². The molecule has 7 heteroatoms. The number of rotatable bonds is 5. The Hall–Kier alpha value is -1.96. The molecule has 1 aliphatic rings. The first-order valence-electron chi connectivity index (χ1n) is 8.34. The van der Waals surface area contributed by atoms with Crippen LogP contribution in [0.2, 0.25) is 0 Å². The van der Waals surface area contributed by atoms with Crippen molar-refractivity contribution in [3.8, 4) is 5.13 Å². The molecule has 1 aliphatic heterocycles. The second-order valence-electron chi connectivity index (χ2n) is 6.33. The van der Waals surface area contributed by atoms with Crippen LogP contribution in [0, 0.1) is 6.92 Å². The molecule has 1 unspecified atom stereocenters. The SMILES string of the molecule is Cc1nc(-n2cccc2)sc1C(=O)NC1CCN(Cc2ccsc2)C1. The second kappa shape index (κ2) is 7.11. The molecule has 0 aromatic carbocycles. The molecule has 1 N–H and O–H groups in total. The molecule has 3 aromatic heterocycles. The molecule has 4 rings (SSSR count). The summed E-state index contributed by atoms with van der Waals surface area (Å²) in [5.74, 6) is -0.00390. The lowest BCUT2D eigenvalue weighted by molar-refractivity contribution is 0.0941. The molecule has 0 saturated carbocycles. The van der Waals surface area contributed by atoms with E-state index in [1.54, 1.807) is 11.3 Å². The molecule has 1 fully saturated rings. The number of nitrogens with zero attached hydrogens (tertiary/aromatic N) is 3. The van der Waals surface area contributed by atoms with Crippen LogP contribution in [0.15, 0.2) is 41.4 Å². The molecule has 25 heavy (non-hydrogen) atoms. The standard InChI is InChI=1S/C18H20N4OS2/c1-13-16(25-18(19-13)22-6-2-3-7-22)17(23)20-15-4-8-21(11-15)10-14-5-9-24-12-14/h2-3,5-7,9,12,15H,4,8,10-11H2,1H3,(H,20,23). The summed E-state index contributed by atoms with van der Waals surface area (Å²) in [6, 6.07) is 6.29. The predicted molar refractivity (Wildman–Crippen MR) is 102 cm³/mol. The third-order valence-electron chi connectivity index (χ3n) is 4.41. The summed E-state index contributed by atoms with van der Waals surface area (Å²) < 4.78 is 1.94. The number of hydrogen-bond acceptors (Lipinski definition) is 5. The highest BCUT2D eigenvalue weighted by Gasteiger charge is 2.26. The van der Waals surface area contributed by atoms with Gasteiger partial charge in [0.1, 0.15) is 4.88 Å². The number of aromatic nitrogens is 2. The Labute approximate surface area is 154 Å². The van der Waals surface area contributed by atoms with Gasteiger partial charge in [0.05, 0.1) is 5.69 Å². The molecule has 0 aliphatic carbocycles. The normalized spacial score (nSPS) is 17.9. The minimum Gasteiger partial charge on any atom is -0.347 e. The smallest absolute Gasteiger partial charge is 0.263 e. The van der Waals surface area contributed by atoms with E-state index in [-0.39, 0.29) is 11.9 Å². The summed E-state index contributed by atoms with van der Waals surface area (Å²) in [6.07, 6.45) is 4.89. The highest BCUT2D eigenvalue weighted by Crippen LogP contribution is 2.22. The summed E-state index contributed by atoms with van der Waals surface area (Å²) in [6.45, 7) is 4.80. The van der Waals surface area contributed by atoms with Crippen LogP contribution in [-0.4, -0.2) is 39.5 Å². The van der Waals surface area contributed by atoms with E-state index < -0.39 is 0 Å². The zero-order valence-corrected chi connectivity index (χ0v) is 15.6. The van der Waals surface area contributed by atoms with Crippen LogP contribution in [0.3, 0.4) is 0 Å². The Balaban J connectivity index is 1.38. The van der Waals surface area contributed by atoms with E-state index in [0.717, 1.165) is 36.9 Å². The van der Waals surface area contributed by atoms with Gasteiger partial charge in [-0.3, -0.25) is 9.69 Å². The van der Waals surface area contributed by atoms with E-state index in [2.05, 4.69) is 32.0 Å². The summed E-state index contributed by atoms with van der Waals surface area (Å²) >= 11 is 3.17. The van der Waals surface area contributed by atoms with Crippen molar-refractivity contribution in [1.29, 1.82) is 0 Å². The van der Waals surface area contributed by atoms with Gasteiger partial charge in [-0.2, -0.15) is 11.3 Å². The van der Waals surface area contributed by atoms with Crippen LogP contribution in [0.4, 0.5) is 0 Å². The van der Waals surface area contributed by atoms with E-state index in [1.165, 1.54) is 16.9 Å². The quantitative estimate of drug-likeness (QED) is 0.748. The van der Waals surface area contributed by atoms with Gasteiger partial charge in [-0.25, -0.2) is 4.98 Å². The lowest BCUT2D eigenvalue weighted by atomic mass is 10.2. The van der Waals surface area contributed by atoms with Crippen molar-refractivity contribution >= 4 is 28.6 Å². The van der Waals surface area contributed by atoms with Crippen molar-refractivity contribution in [2.24, 2.45) is 0 Å². The van der Waals surface area contributed by atoms with Crippen LogP contribution in [-0.2, 0) is 6.54 Å². The van der Waals surface area contributed by atoms with E-state index in [9.17, 15) is 4.79 Å². The molecular weight excluding hydrogens is 352 g/mol. The Bertz CT molecular complexity index is 839. The third kappa shape index (κ3) is 3.68. The van der Waals surface area contributed by atoms with Crippen LogP contribution in [0.5, 0.6) is 0 Å². The number of likely N-dealkylation sites (tertiary alicyclic amines) is 1. The predicted octanol–water partition coefficient (Wildman–Crippen LogP) is 3.31. The summed E-state index contributed by atoms with van der Waals surface area (Å²) in [5, 5.41) is 8.32. The molecular formula is C18H20N4OS2. The van der Waals surface area contributed by atoms with Crippen molar-refractivity contribution < 1.29 is 4.79 Å². The van der Waals surface area contributed by atoms with Crippen molar-refractivity contribution in [3.63, 3.8) is 0 Å². The fourth-order valence-electron chi connectivity index (χ4n) is 3.15. The van der Waals surface area contributed by atoms with Crippen molar-refractivity contribution in [1.82, 2.24) is 19.8 Å². The number of hydrogen-bond donors (Lipinski definition) is 1. The van der Waals surface area contributed by atoms with Crippen molar-refractivity contribution in [2.75, 3.05) is 13.1 Å². The maximum absolute atomic E-state index is 12.7. The average Bonchev–Trinajstić information content (AvgIpc) is 3.34. The highest BCUT2D eigenvalue weighted by atomic mass is 32.1. The van der Waals surface area contributed by atoms with Crippen LogP contribution < -0.4 is 5.32 Å². The van der Waals surface area contributed by atoms with Crippen LogP contribution >= 0.6 is 22.7 Å². The first-order valence-corrected chi connectivity index (χ1v) is 10.1. The molecule has 1 saturated heterocycles. The monoisotopic (exact) mass is 372 g/mol. The molecule has 4 heterocycles. The maximum atomic E-state index is 12.7. The van der Waals surface area contributed by atoms with Gasteiger partial charge in [0, 0.05) is 38.1 Å². The zero-order chi connectivity index (χ0) is 17.2. The minimum atomic E-state index is -0.00390. The van der Waals surface area contributed by atoms with Crippen molar-refractivity contribution in [3.05, 3.63) is 57.5 Å². The number of aryl methyl sites for hydroxylation is 1. The molecule has 5 nitrogen and oxygen atoms in total. The summed E-state index contributed by atoms with van der Waals surface area (Å²) in [4.78, 5) is 20.3. The molecule has 0 bridgehead atoms. The van der Waals surface area contributed by atoms with Gasteiger partial charge in [0.15, 0.2) is 5.13 Å². The Morgan fingerprint density at radius 3 is 3.00 bits per heavy atom. The van der Waals surface area contributed by atoms with Gasteiger partial charge >= 0.3 is 0 Å². The molecule has 130 valence electrons. The lowest BCUT2D eigenvalue weighted by Crippen LogP contribution is -2.36. The average molecular weight is 373 g/mol. The van der Waals surface area contributed by atoms with E-state index in [0.29, 0.717) is 4.88 Å². The highest BCUT2D eigenvalue weighted by molar-refractivity contribution is 7.16. The van der Waals surface area contributed by atoms with Gasteiger partial charge in [0.2, 0.25) is 0 Å². The van der Waals surface area contributed by atoms with Crippen LogP contribution in [0.25, 0.3) is 5.13 Å². The fraction of sp³-hybridized carbons (Fsp3) is 0.333. The van der Waals surface area contributed by atoms with E-state index in [4.69, 9.17) is 0 Å². The largest absolute Gasteiger partial charge is 0.347 e. The first kappa shape index (κ1) is 16.5. The van der Waals surface area contributed by atoms with Gasteiger partial charge < -0.3 is 9.88 Å². The molecule has 0 spiro atoms. The van der Waals surface area contributed by atoms with E-state index in [1.807, 2.05) is 36.0 Å². The number of carbonyl (C=O) groups excluding carboxylic acids is 1. The number of thiophene rings is 1. The summed E-state index contributed by atoms with van der Waals surface area (Å²) in [7, 11) is 0. The molecule has 1 atom stereocenters. The molecule has 1 amide bonds. The van der Waals surface area contributed by atoms with E-state index >= 15 is 0 Å². The van der Waals surface area contributed by atoms with Gasteiger partial charge in [-0.1, -0.05) is 11.3 Å². The Morgan fingerprint density at radius 1 is 1.40 bits per heavy atom. The topological polar surface area (TPSA) is 50.2 Å². The Kier molecular flexibility index (Phi) is 4.70.